The predicted octanol–water partition coefficient (Wildman–Crippen LogP) is 3.64. The minimum Gasteiger partial charge on any atom is -0.382 e. The Balaban J connectivity index is 1.25. The van der Waals surface area contributed by atoms with Crippen LogP contribution in [0, 0.1) is 0 Å². The quantitative estimate of drug-likeness (QED) is 0.358. The molecule has 0 aliphatic carbocycles. The largest absolute Gasteiger partial charge is 0.416 e. The van der Waals surface area contributed by atoms with Crippen molar-refractivity contribution in [3.63, 3.8) is 0 Å². The molecule has 2 amide bonds. The molecule has 2 saturated heterocycles. The fourth-order valence-corrected chi connectivity index (χ4v) is 5.46. The van der Waals surface area contributed by atoms with Gasteiger partial charge in [-0.3, -0.25) is 18.9 Å². The van der Waals surface area contributed by atoms with Gasteiger partial charge in [-0.05, 0) is 38.1 Å². The number of piperazine rings is 1. The Morgan fingerprint density at radius 2 is 1.88 bits per heavy atom. The molecule has 224 valence electrons. The lowest BCUT2D eigenvalue weighted by Gasteiger charge is -2.46. The average Bonchev–Trinajstić information content (AvgIpc) is 3.38. The Morgan fingerprint density at radius 1 is 1.12 bits per heavy atom. The molecule has 3 N–H and O–H groups in total. The number of aromatic nitrogens is 4. The number of ether oxygens (including phenoxy) is 1. The Bertz CT molecular complexity index is 1690. The molecule has 11 nitrogen and oxygen atoms in total. The first kappa shape index (κ1) is 28.6. The van der Waals surface area contributed by atoms with Crippen molar-refractivity contribution in [2.24, 2.45) is 0 Å². The van der Waals surface area contributed by atoms with E-state index in [1.54, 1.807) is 28.9 Å². The van der Waals surface area contributed by atoms with E-state index in [9.17, 15) is 22.8 Å². The maximum Gasteiger partial charge on any atom is 0.416 e. The van der Waals surface area contributed by atoms with Gasteiger partial charge in [0.05, 0.1) is 31.3 Å². The number of carbonyl (C=O) groups is 2. The number of anilines is 2. The number of rotatable bonds is 5. The fraction of sp³-hybridized carbons (Fsp3) is 0.345. The normalized spacial score (nSPS) is 19.6. The van der Waals surface area contributed by atoms with Crippen LogP contribution in [0.3, 0.4) is 0 Å². The summed E-state index contributed by atoms with van der Waals surface area (Å²) in [7, 11) is 0. The number of nitrogens with one attached hydrogen (secondary N) is 1. The maximum atomic E-state index is 13.0. The number of nitrogens with zero attached hydrogens (tertiary/aromatic N) is 6. The molecule has 0 saturated carbocycles. The van der Waals surface area contributed by atoms with Crippen LogP contribution in [0.1, 0.15) is 41.7 Å². The lowest BCUT2D eigenvalue weighted by atomic mass is 10.1. The Labute approximate surface area is 244 Å². The number of hydrogen-bond acceptors (Lipinski definition) is 8. The van der Waals surface area contributed by atoms with Gasteiger partial charge in [-0.15, -0.1) is 0 Å². The van der Waals surface area contributed by atoms with Crippen LogP contribution in [-0.2, 0) is 15.7 Å². The number of hydrogen-bond donors (Lipinski definition) is 2. The van der Waals surface area contributed by atoms with E-state index in [0.29, 0.717) is 42.3 Å². The monoisotopic (exact) mass is 594 g/mol. The molecule has 0 unspecified atom stereocenters. The highest BCUT2D eigenvalue weighted by Gasteiger charge is 2.40. The molecule has 2 aliphatic heterocycles. The second kappa shape index (κ2) is 10.9. The van der Waals surface area contributed by atoms with Crippen molar-refractivity contribution in [3.8, 4) is 11.3 Å². The molecule has 14 heteroatoms. The molecule has 2 fully saturated rings. The average molecular weight is 595 g/mol. The summed E-state index contributed by atoms with van der Waals surface area (Å²) in [6.45, 7) is 5.95. The number of benzene rings is 1. The molecular formula is C29H29F3N8O3. The molecule has 43 heavy (non-hydrogen) atoms. The molecular weight excluding hydrogens is 565 g/mol. The van der Waals surface area contributed by atoms with Gasteiger partial charge in [-0.25, -0.2) is 15.0 Å². The first-order valence-electron chi connectivity index (χ1n) is 13.7. The summed E-state index contributed by atoms with van der Waals surface area (Å²) in [5, 5.41) is 2.40. The number of imidazole rings is 1. The standard InChI is InChI=1S/C29H29F3N8O3/c1-16(2)38-12-20-15-43-21(13-40(20)23(41)14-38)27-37-24(25-26(33)35-9-10-39(25)27)17-3-5-18(6-4-17)28(42)36-22-11-19(7-8-34-22)29(30,31)32/h3-11,16,20-21H,12-15H2,1-2H3,(H2,33,35)(H,34,36,42)/t20-,21-/m1/s1. The number of amides is 2. The van der Waals surface area contributed by atoms with E-state index in [0.717, 1.165) is 24.9 Å². The van der Waals surface area contributed by atoms with Gasteiger partial charge in [0, 0.05) is 42.3 Å². The highest BCUT2D eigenvalue weighted by molar-refractivity contribution is 6.04. The van der Waals surface area contributed by atoms with Crippen molar-refractivity contribution in [1.29, 1.82) is 0 Å². The summed E-state index contributed by atoms with van der Waals surface area (Å²) in [6.07, 6.45) is -0.784. The third-order valence-electron chi connectivity index (χ3n) is 7.78. The molecule has 4 aromatic rings. The topological polar surface area (TPSA) is 131 Å². The first-order chi connectivity index (χ1) is 20.5. The van der Waals surface area contributed by atoms with Gasteiger partial charge in [0.25, 0.3) is 5.91 Å². The summed E-state index contributed by atoms with van der Waals surface area (Å²) in [5.41, 5.74) is 7.26. The Kier molecular flexibility index (Phi) is 7.26. The van der Waals surface area contributed by atoms with Gasteiger partial charge >= 0.3 is 6.18 Å². The van der Waals surface area contributed by atoms with Crippen LogP contribution in [0.25, 0.3) is 16.8 Å². The summed E-state index contributed by atoms with van der Waals surface area (Å²) < 4.78 is 47.2. The van der Waals surface area contributed by atoms with Gasteiger partial charge in [0.15, 0.2) is 0 Å². The zero-order valence-corrected chi connectivity index (χ0v) is 23.4. The zero-order valence-electron chi connectivity index (χ0n) is 23.4. The third-order valence-corrected chi connectivity index (χ3v) is 7.78. The lowest BCUT2D eigenvalue weighted by Crippen LogP contribution is -2.62. The van der Waals surface area contributed by atoms with Crippen molar-refractivity contribution in [2.75, 3.05) is 37.3 Å². The summed E-state index contributed by atoms with van der Waals surface area (Å²) in [5.74, 6) is 0.0152. The number of fused-ring (bicyclic) bond motifs is 2. The highest BCUT2D eigenvalue weighted by atomic mass is 19.4. The number of nitrogens with two attached hydrogens (primary N) is 1. The predicted molar refractivity (Wildman–Crippen MR) is 151 cm³/mol. The second-order valence-electron chi connectivity index (χ2n) is 10.9. The van der Waals surface area contributed by atoms with Crippen molar-refractivity contribution < 1.29 is 27.5 Å². The number of pyridine rings is 1. The number of halogens is 3. The molecule has 0 radical (unpaired) electrons. The lowest BCUT2D eigenvalue weighted by molar-refractivity contribution is -0.157. The van der Waals surface area contributed by atoms with Gasteiger partial charge in [-0.2, -0.15) is 13.2 Å². The van der Waals surface area contributed by atoms with E-state index >= 15 is 0 Å². The van der Waals surface area contributed by atoms with E-state index in [4.69, 9.17) is 15.5 Å². The number of carbonyl (C=O) groups excluding carboxylic acids is 2. The Hall–Kier alpha value is -4.56. The number of alkyl halides is 3. The van der Waals surface area contributed by atoms with Crippen LogP contribution >= 0.6 is 0 Å². The molecule has 5 heterocycles. The van der Waals surface area contributed by atoms with Crippen LogP contribution in [0.4, 0.5) is 24.8 Å². The van der Waals surface area contributed by atoms with Gasteiger partial charge < -0.3 is 20.7 Å². The van der Waals surface area contributed by atoms with Crippen LogP contribution in [-0.4, -0.2) is 79.3 Å². The summed E-state index contributed by atoms with van der Waals surface area (Å²) in [4.78, 5) is 42.7. The van der Waals surface area contributed by atoms with E-state index < -0.39 is 23.8 Å². The van der Waals surface area contributed by atoms with Crippen LogP contribution < -0.4 is 11.1 Å². The fourth-order valence-electron chi connectivity index (χ4n) is 5.46. The molecule has 0 spiro atoms. The number of morpholine rings is 1. The van der Waals surface area contributed by atoms with Crippen LogP contribution in [0.5, 0.6) is 0 Å². The van der Waals surface area contributed by atoms with Crippen molar-refractivity contribution >= 4 is 29.0 Å². The summed E-state index contributed by atoms with van der Waals surface area (Å²) >= 11 is 0. The van der Waals surface area contributed by atoms with Gasteiger partial charge in [0.2, 0.25) is 5.91 Å². The van der Waals surface area contributed by atoms with E-state index in [1.165, 1.54) is 12.1 Å². The maximum absolute atomic E-state index is 13.0. The van der Waals surface area contributed by atoms with E-state index in [-0.39, 0.29) is 35.2 Å². The molecule has 2 atom stereocenters. The zero-order chi connectivity index (χ0) is 30.5. The smallest absolute Gasteiger partial charge is 0.382 e. The van der Waals surface area contributed by atoms with Crippen molar-refractivity contribution in [1.82, 2.24) is 29.2 Å². The van der Waals surface area contributed by atoms with Crippen LogP contribution in [0.2, 0.25) is 0 Å². The van der Waals surface area contributed by atoms with Crippen molar-refractivity contribution in [3.05, 3.63) is 71.9 Å². The van der Waals surface area contributed by atoms with E-state index in [1.807, 2.05) is 4.90 Å². The SMILES string of the molecule is CC(C)N1CC(=O)N2C[C@H](c3nc(-c4ccc(C(=O)Nc5cc(C(F)(F)F)ccn5)cc4)c4c(N)nccn34)OC[C@H]2C1. The highest BCUT2D eigenvalue weighted by Crippen LogP contribution is 2.34. The summed E-state index contributed by atoms with van der Waals surface area (Å²) in [6, 6.07) is 8.22. The molecule has 0 bridgehead atoms. The third kappa shape index (κ3) is 5.50. The Morgan fingerprint density at radius 3 is 2.60 bits per heavy atom. The molecule has 2 aliphatic rings. The minimum absolute atomic E-state index is 0.0397. The molecule has 1 aromatic carbocycles. The minimum atomic E-state index is -4.56. The second-order valence-corrected chi connectivity index (χ2v) is 10.9. The van der Waals surface area contributed by atoms with E-state index in [2.05, 4.69) is 34.0 Å². The molecule has 6 rings (SSSR count). The molecule has 3 aromatic heterocycles. The van der Waals surface area contributed by atoms with Gasteiger partial charge in [0.1, 0.15) is 34.8 Å². The first-order valence-corrected chi connectivity index (χ1v) is 13.7. The van der Waals surface area contributed by atoms with Crippen LogP contribution in [0.15, 0.2) is 55.0 Å². The number of nitrogen functional groups attached to an aromatic ring is 1. The van der Waals surface area contributed by atoms with Crippen molar-refractivity contribution in [2.45, 2.75) is 38.2 Å². The van der Waals surface area contributed by atoms with Gasteiger partial charge in [-0.1, -0.05) is 12.1 Å².